The summed E-state index contributed by atoms with van der Waals surface area (Å²) in [5, 5.41) is 12.2. The molecule has 4 rings (SSSR count). The molecule has 1 aromatic heterocycles. The van der Waals surface area contributed by atoms with Crippen LogP contribution in [0, 0.1) is 0 Å². The lowest BCUT2D eigenvalue weighted by Gasteiger charge is -2.24. The lowest BCUT2D eigenvalue weighted by Crippen LogP contribution is -2.33. The molecular formula is C14H16N4O2. The number of nitrogens with zero attached hydrogens (tertiary/aromatic N) is 3. The number of ether oxygens (including phenoxy) is 2. The van der Waals surface area contributed by atoms with Gasteiger partial charge in [0.15, 0.2) is 23.1 Å². The molecule has 2 aliphatic rings. The van der Waals surface area contributed by atoms with Crippen LogP contribution in [0.15, 0.2) is 18.2 Å². The van der Waals surface area contributed by atoms with E-state index in [0.29, 0.717) is 12.8 Å². The summed E-state index contributed by atoms with van der Waals surface area (Å²) in [6.45, 7) is 4.28. The van der Waals surface area contributed by atoms with E-state index in [9.17, 15) is 0 Å². The van der Waals surface area contributed by atoms with Gasteiger partial charge in [0.1, 0.15) is 0 Å². The summed E-state index contributed by atoms with van der Waals surface area (Å²) in [5.41, 5.74) is 1.02. The first-order valence-corrected chi connectivity index (χ1v) is 6.93. The topological polar surface area (TPSA) is 61.2 Å². The Bertz CT molecular complexity index is 653. The average Bonchev–Trinajstić information content (AvgIpc) is 3.12. The van der Waals surface area contributed by atoms with Gasteiger partial charge in [0.2, 0.25) is 6.79 Å². The van der Waals surface area contributed by atoms with E-state index in [1.165, 1.54) is 0 Å². The summed E-state index contributed by atoms with van der Waals surface area (Å²) < 4.78 is 13.0. The van der Waals surface area contributed by atoms with Crippen LogP contribution in [0.1, 0.15) is 25.2 Å². The number of aromatic nitrogens is 3. The van der Waals surface area contributed by atoms with Gasteiger partial charge in [-0.15, -0.1) is 10.2 Å². The fourth-order valence-corrected chi connectivity index (χ4v) is 2.81. The monoisotopic (exact) mass is 272 g/mol. The molecule has 1 aromatic carbocycles. The van der Waals surface area contributed by atoms with E-state index < -0.39 is 0 Å². The maximum Gasteiger partial charge on any atom is 0.231 e. The lowest BCUT2D eigenvalue weighted by molar-refractivity contribution is 0.174. The van der Waals surface area contributed by atoms with E-state index in [4.69, 9.17) is 9.47 Å². The number of rotatable bonds is 2. The third-order valence-corrected chi connectivity index (χ3v) is 3.86. The minimum absolute atomic E-state index is 0.290. The van der Waals surface area contributed by atoms with Crippen LogP contribution in [-0.2, 0) is 6.54 Å². The molecule has 1 unspecified atom stereocenters. The minimum Gasteiger partial charge on any atom is -0.454 e. The third-order valence-electron chi connectivity index (χ3n) is 3.86. The third kappa shape index (κ3) is 1.68. The zero-order valence-electron chi connectivity index (χ0n) is 11.3. The highest BCUT2D eigenvalue weighted by Gasteiger charge is 2.25. The molecule has 1 N–H and O–H groups in total. The lowest BCUT2D eigenvalue weighted by atomic mass is 10.1. The molecule has 0 aliphatic carbocycles. The summed E-state index contributed by atoms with van der Waals surface area (Å²) in [4.78, 5) is 0. The average molecular weight is 272 g/mol. The van der Waals surface area contributed by atoms with Crippen LogP contribution in [0.25, 0.3) is 11.4 Å². The summed E-state index contributed by atoms with van der Waals surface area (Å²) in [5.74, 6) is 3.49. The molecule has 6 nitrogen and oxygen atoms in total. The van der Waals surface area contributed by atoms with E-state index in [2.05, 4.69) is 27.0 Å². The molecule has 2 aromatic rings. The molecular weight excluding hydrogens is 256 g/mol. The van der Waals surface area contributed by atoms with Gasteiger partial charge in [-0.05, 0) is 24.6 Å². The zero-order chi connectivity index (χ0) is 13.5. The number of hydrogen-bond donors (Lipinski definition) is 1. The Morgan fingerprint density at radius 1 is 1.30 bits per heavy atom. The molecule has 3 heterocycles. The fraction of sp³-hybridized carbons (Fsp3) is 0.429. The molecule has 0 saturated heterocycles. The first kappa shape index (κ1) is 11.7. The minimum atomic E-state index is 0.290. The van der Waals surface area contributed by atoms with Crippen LogP contribution < -0.4 is 14.8 Å². The van der Waals surface area contributed by atoms with Crippen LogP contribution in [0.4, 0.5) is 0 Å². The van der Waals surface area contributed by atoms with E-state index >= 15 is 0 Å². The first-order chi connectivity index (χ1) is 9.86. The highest BCUT2D eigenvalue weighted by molar-refractivity contribution is 5.62. The molecule has 2 aliphatic heterocycles. The molecule has 0 bridgehead atoms. The number of hydrogen-bond acceptors (Lipinski definition) is 5. The van der Waals surface area contributed by atoms with Crippen LogP contribution >= 0.6 is 0 Å². The fourth-order valence-electron chi connectivity index (χ4n) is 2.81. The Labute approximate surface area is 116 Å². The van der Waals surface area contributed by atoms with Gasteiger partial charge >= 0.3 is 0 Å². The van der Waals surface area contributed by atoms with E-state index in [-0.39, 0.29) is 0 Å². The van der Waals surface area contributed by atoms with Crippen molar-refractivity contribution in [2.24, 2.45) is 0 Å². The Morgan fingerprint density at radius 3 is 3.10 bits per heavy atom. The Kier molecular flexibility index (Phi) is 2.63. The van der Waals surface area contributed by atoms with Gasteiger partial charge in [0, 0.05) is 18.7 Å². The summed E-state index contributed by atoms with van der Waals surface area (Å²) >= 11 is 0. The van der Waals surface area contributed by atoms with Crippen LogP contribution in [0.5, 0.6) is 11.5 Å². The van der Waals surface area contributed by atoms with Crippen LogP contribution in [-0.4, -0.2) is 28.1 Å². The molecule has 0 radical (unpaired) electrons. The summed E-state index contributed by atoms with van der Waals surface area (Å²) in [6.07, 6.45) is 1.01. The van der Waals surface area contributed by atoms with Gasteiger partial charge in [-0.25, -0.2) is 0 Å². The van der Waals surface area contributed by atoms with Crippen molar-refractivity contribution < 1.29 is 9.47 Å². The van der Waals surface area contributed by atoms with Crippen molar-refractivity contribution in [3.8, 4) is 22.9 Å². The van der Waals surface area contributed by atoms with Crippen LogP contribution in [0.3, 0.4) is 0 Å². The smallest absolute Gasteiger partial charge is 0.231 e. The van der Waals surface area contributed by atoms with Crippen molar-refractivity contribution in [1.29, 1.82) is 0 Å². The molecule has 0 saturated carbocycles. The molecule has 20 heavy (non-hydrogen) atoms. The van der Waals surface area contributed by atoms with E-state index in [0.717, 1.165) is 48.2 Å². The molecule has 1 atom stereocenters. The second-order valence-electron chi connectivity index (χ2n) is 5.02. The Hall–Kier alpha value is -2.08. The van der Waals surface area contributed by atoms with Gasteiger partial charge in [0.25, 0.3) is 0 Å². The molecule has 104 valence electrons. The van der Waals surface area contributed by atoms with E-state index in [1.54, 1.807) is 0 Å². The number of fused-ring (bicyclic) bond motifs is 2. The number of nitrogens with one attached hydrogen (secondary N) is 1. The Morgan fingerprint density at radius 2 is 2.20 bits per heavy atom. The number of benzene rings is 1. The van der Waals surface area contributed by atoms with Gasteiger partial charge in [-0.1, -0.05) is 6.92 Å². The highest BCUT2D eigenvalue weighted by atomic mass is 16.7. The highest BCUT2D eigenvalue weighted by Crippen LogP contribution is 2.36. The Balaban J connectivity index is 1.78. The predicted octanol–water partition coefficient (Wildman–Crippen LogP) is 1.73. The molecule has 0 fully saturated rings. The summed E-state index contributed by atoms with van der Waals surface area (Å²) in [6, 6.07) is 6.20. The maximum atomic E-state index is 5.43. The van der Waals surface area contributed by atoms with Gasteiger partial charge in [-0.3, -0.25) is 0 Å². The predicted molar refractivity (Wildman–Crippen MR) is 72.6 cm³/mol. The summed E-state index contributed by atoms with van der Waals surface area (Å²) in [7, 11) is 0. The quantitative estimate of drug-likeness (QED) is 0.902. The molecule has 0 spiro atoms. The zero-order valence-corrected chi connectivity index (χ0v) is 11.3. The standard InChI is InChI=1S/C14H16N4O2/c1-2-10-14-17-16-13(18(14)6-5-15-10)9-3-4-11-12(7-9)20-8-19-11/h3-4,7,10,15H,2,5-6,8H2,1H3. The first-order valence-electron chi connectivity index (χ1n) is 6.93. The largest absolute Gasteiger partial charge is 0.454 e. The molecule has 6 heteroatoms. The van der Waals surface area contributed by atoms with Gasteiger partial charge in [-0.2, -0.15) is 0 Å². The second-order valence-corrected chi connectivity index (χ2v) is 5.02. The SMILES string of the molecule is CCC1NCCn2c(-c3ccc4c(c3)OCO4)nnc21. The van der Waals surface area contributed by atoms with Crippen molar-refractivity contribution >= 4 is 0 Å². The van der Waals surface area contributed by atoms with Crippen molar-refractivity contribution in [3.63, 3.8) is 0 Å². The van der Waals surface area contributed by atoms with Crippen LogP contribution in [0.2, 0.25) is 0 Å². The van der Waals surface area contributed by atoms with Gasteiger partial charge in [0.05, 0.1) is 6.04 Å². The van der Waals surface area contributed by atoms with Crippen molar-refractivity contribution in [3.05, 3.63) is 24.0 Å². The molecule has 0 amide bonds. The normalized spacial score (nSPS) is 19.9. The maximum absolute atomic E-state index is 5.43. The second kappa shape index (κ2) is 4.49. The van der Waals surface area contributed by atoms with E-state index in [1.807, 2.05) is 18.2 Å². The van der Waals surface area contributed by atoms with Crippen molar-refractivity contribution in [1.82, 2.24) is 20.1 Å². The van der Waals surface area contributed by atoms with Gasteiger partial charge < -0.3 is 19.4 Å². The van der Waals surface area contributed by atoms with Crippen molar-refractivity contribution in [2.45, 2.75) is 25.9 Å². The van der Waals surface area contributed by atoms with Crippen molar-refractivity contribution in [2.75, 3.05) is 13.3 Å².